The summed E-state index contributed by atoms with van der Waals surface area (Å²) in [6.07, 6.45) is 0. The molecule has 0 saturated carbocycles. The van der Waals surface area contributed by atoms with Crippen LogP contribution >= 0.6 is 11.3 Å². The summed E-state index contributed by atoms with van der Waals surface area (Å²) < 4.78 is 0. The first-order valence-electron chi connectivity index (χ1n) is 7.48. The van der Waals surface area contributed by atoms with Crippen molar-refractivity contribution in [2.24, 2.45) is 5.73 Å². The Labute approximate surface area is 135 Å². The molecule has 0 atom stereocenters. The van der Waals surface area contributed by atoms with Gasteiger partial charge in [-0.05, 0) is 49.2 Å². The van der Waals surface area contributed by atoms with Gasteiger partial charge in [0.2, 0.25) is 5.91 Å². The molecule has 1 aliphatic heterocycles. The van der Waals surface area contributed by atoms with E-state index in [9.17, 15) is 4.79 Å². The fourth-order valence-electron chi connectivity index (χ4n) is 2.84. The summed E-state index contributed by atoms with van der Waals surface area (Å²) in [7, 11) is 2.15. The van der Waals surface area contributed by atoms with Gasteiger partial charge < -0.3 is 15.5 Å². The van der Waals surface area contributed by atoms with Crippen LogP contribution in [-0.2, 0) is 0 Å². The van der Waals surface area contributed by atoms with Gasteiger partial charge >= 0.3 is 0 Å². The normalized spacial score (nSPS) is 16.0. The lowest BCUT2D eigenvalue weighted by molar-refractivity contribution is 0.100. The molecule has 0 spiro atoms. The van der Waals surface area contributed by atoms with Crippen LogP contribution in [0.5, 0.6) is 0 Å². The van der Waals surface area contributed by atoms with Crippen LogP contribution in [0.25, 0.3) is 10.4 Å². The van der Waals surface area contributed by atoms with Gasteiger partial charge in [-0.3, -0.25) is 4.79 Å². The molecule has 2 heterocycles. The highest BCUT2D eigenvalue weighted by molar-refractivity contribution is 7.13. The number of hydrogen-bond acceptors (Lipinski definition) is 4. The largest absolute Gasteiger partial charge is 0.369 e. The Bertz CT molecular complexity index is 687. The minimum absolute atomic E-state index is 0.368. The molecule has 0 unspecified atom stereocenters. The van der Waals surface area contributed by atoms with Crippen molar-refractivity contribution in [1.29, 1.82) is 0 Å². The third kappa shape index (κ3) is 2.87. The van der Waals surface area contributed by atoms with Gasteiger partial charge in [0.05, 0.1) is 0 Å². The molecule has 1 aliphatic rings. The second kappa shape index (κ2) is 6.10. The Hall–Kier alpha value is -1.85. The molecule has 5 heteroatoms. The molecule has 0 bridgehead atoms. The molecule has 1 amide bonds. The number of hydrogen-bond donors (Lipinski definition) is 1. The number of piperazine rings is 1. The zero-order chi connectivity index (χ0) is 15.7. The maximum absolute atomic E-state index is 11.8. The van der Waals surface area contributed by atoms with Crippen molar-refractivity contribution in [3.63, 3.8) is 0 Å². The first kappa shape index (κ1) is 15.1. The number of nitrogens with two attached hydrogens (primary N) is 1. The summed E-state index contributed by atoms with van der Waals surface area (Å²) in [5.41, 5.74) is 9.47. The number of amides is 1. The second-order valence-electron chi connectivity index (χ2n) is 5.82. The highest BCUT2D eigenvalue weighted by atomic mass is 32.1. The Morgan fingerprint density at radius 2 is 1.91 bits per heavy atom. The van der Waals surface area contributed by atoms with Crippen molar-refractivity contribution in [2.45, 2.75) is 6.92 Å². The van der Waals surface area contributed by atoms with Crippen molar-refractivity contribution < 1.29 is 4.79 Å². The van der Waals surface area contributed by atoms with Crippen LogP contribution in [0.4, 0.5) is 5.69 Å². The molecular weight excluding hydrogens is 294 g/mol. The van der Waals surface area contributed by atoms with Crippen LogP contribution in [0.1, 0.15) is 15.9 Å². The van der Waals surface area contributed by atoms with Gasteiger partial charge in [-0.25, -0.2) is 0 Å². The maximum atomic E-state index is 11.8. The molecule has 1 aromatic heterocycles. The molecule has 1 fully saturated rings. The van der Waals surface area contributed by atoms with Crippen molar-refractivity contribution in [3.05, 3.63) is 40.8 Å². The Kier molecular flexibility index (Phi) is 4.18. The summed E-state index contributed by atoms with van der Waals surface area (Å²) in [6.45, 7) is 6.21. The van der Waals surface area contributed by atoms with E-state index in [0.29, 0.717) is 5.56 Å². The minimum Gasteiger partial charge on any atom is -0.369 e. The average Bonchev–Trinajstić information content (AvgIpc) is 2.93. The average molecular weight is 315 g/mol. The maximum Gasteiger partial charge on any atom is 0.249 e. The van der Waals surface area contributed by atoms with E-state index < -0.39 is 0 Å². The fourth-order valence-corrected chi connectivity index (χ4v) is 3.80. The fraction of sp³-hybridized carbons (Fsp3) is 0.353. The van der Waals surface area contributed by atoms with Gasteiger partial charge in [-0.1, -0.05) is 0 Å². The zero-order valence-corrected chi connectivity index (χ0v) is 13.8. The lowest BCUT2D eigenvalue weighted by Gasteiger charge is -2.34. The molecular formula is C17H21N3OS. The number of carbonyl (C=O) groups is 1. The number of rotatable bonds is 3. The number of anilines is 1. The van der Waals surface area contributed by atoms with E-state index in [4.69, 9.17) is 5.73 Å². The first-order valence-corrected chi connectivity index (χ1v) is 8.36. The summed E-state index contributed by atoms with van der Waals surface area (Å²) in [4.78, 5) is 17.6. The number of benzene rings is 1. The SMILES string of the molecule is Cc1ccsc1-c1cc(N2CCN(C)CC2)ccc1C(N)=O. The van der Waals surface area contributed by atoms with Crippen LogP contribution in [0.2, 0.25) is 0 Å². The summed E-state index contributed by atoms with van der Waals surface area (Å²) in [5.74, 6) is -0.368. The standard InChI is InChI=1S/C17H21N3OS/c1-12-5-10-22-16(12)15-11-13(3-4-14(15)17(18)21)20-8-6-19(2)7-9-20/h3-5,10-11H,6-9H2,1-2H3,(H2,18,21). The smallest absolute Gasteiger partial charge is 0.249 e. The molecule has 116 valence electrons. The van der Waals surface area contributed by atoms with Gasteiger partial charge in [-0.2, -0.15) is 0 Å². The quantitative estimate of drug-likeness (QED) is 0.947. The number of carbonyl (C=O) groups excluding carboxylic acids is 1. The first-order chi connectivity index (χ1) is 10.6. The van der Waals surface area contributed by atoms with E-state index in [-0.39, 0.29) is 5.91 Å². The van der Waals surface area contributed by atoms with Gasteiger partial charge in [0.25, 0.3) is 0 Å². The molecule has 4 nitrogen and oxygen atoms in total. The van der Waals surface area contributed by atoms with Crippen LogP contribution in [0.15, 0.2) is 29.6 Å². The van der Waals surface area contributed by atoms with Gasteiger partial charge in [-0.15, -0.1) is 11.3 Å². The molecule has 2 aromatic rings. The number of aryl methyl sites for hydroxylation is 1. The molecule has 22 heavy (non-hydrogen) atoms. The molecule has 1 aromatic carbocycles. The minimum atomic E-state index is -0.368. The Morgan fingerprint density at radius 1 is 1.18 bits per heavy atom. The molecule has 1 saturated heterocycles. The molecule has 3 rings (SSSR count). The van der Waals surface area contributed by atoms with Gasteiger partial charge in [0.15, 0.2) is 0 Å². The van der Waals surface area contributed by atoms with Crippen LogP contribution < -0.4 is 10.6 Å². The van der Waals surface area contributed by atoms with Crippen LogP contribution in [0, 0.1) is 6.92 Å². The van der Waals surface area contributed by atoms with Crippen LogP contribution in [-0.4, -0.2) is 44.0 Å². The molecule has 2 N–H and O–H groups in total. The number of nitrogens with zero attached hydrogens (tertiary/aromatic N) is 2. The lowest BCUT2D eigenvalue weighted by Crippen LogP contribution is -2.44. The van der Waals surface area contributed by atoms with Crippen LogP contribution in [0.3, 0.4) is 0 Å². The Morgan fingerprint density at radius 3 is 2.50 bits per heavy atom. The van der Waals surface area contributed by atoms with Crippen molar-refractivity contribution in [3.8, 4) is 10.4 Å². The van der Waals surface area contributed by atoms with Crippen molar-refractivity contribution in [1.82, 2.24) is 4.90 Å². The van der Waals surface area contributed by atoms with E-state index in [1.54, 1.807) is 11.3 Å². The monoisotopic (exact) mass is 315 g/mol. The number of primary amides is 1. The highest BCUT2D eigenvalue weighted by Crippen LogP contribution is 2.34. The lowest BCUT2D eigenvalue weighted by atomic mass is 10.0. The third-order valence-electron chi connectivity index (χ3n) is 4.24. The summed E-state index contributed by atoms with van der Waals surface area (Å²) in [5, 5.41) is 2.05. The Balaban J connectivity index is 2.01. The third-order valence-corrected chi connectivity index (χ3v) is 5.29. The highest BCUT2D eigenvalue weighted by Gasteiger charge is 2.18. The van der Waals surface area contributed by atoms with Gasteiger partial charge in [0, 0.05) is 47.9 Å². The topological polar surface area (TPSA) is 49.6 Å². The number of likely N-dealkylation sites (N-methyl/N-ethyl adjacent to an activating group) is 1. The predicted molar refractivity (Wildman–Crippen MR) is 92.7 cm³/mol. The van der Waals surface area contributed by atoms with E-state index in [1.807, 2.05) is 12.1 Å². The van der Waals surface area contributed by atoms with E-state index in [1.165, 1.54) is 11.3 Å². The molecule has 0 aliphatic carbocycles. The summed E-state index contributed by atoms with van der Waals surface area (Å²) >= 11 is 1.66. The van der Waals surface area contributed by atoms with E-state index in [2.05, 4.69) is 41.3 Å². The van der Waals surface area contributed by atoms with Gasteiger partial charge in [0.1, 0.15) is 0 Å². The molecule has 0 radical (unpaired) electrons. The number of thiophene rings is 1. The van der Waals surface area contributed by atoms with Crippen molar-refractivity contribution >= 4 is 22.9 Å². The van der Waals surface area contributed by atoms with Crippen molar-refractivity contribution in [2.75, 3.05) is 38.1 Å². The second-order valence-corrected chi connectivity index (χ2v) is 6.73. The van der Waals surface area contributed by atoms with E-state index in [0.717, 1.165) is 36.6 Å². The predicted octanol–water partition coefficient (Wildman–Crippen LogP) is 2.57. The zero-order valence-electron chi connectivity index (χ0n) is 13.0. The van der Waals surface area contributed by atoms with E-state index >= 15 is 0 Å². The summed E-state index contributed by atoms with van der Waals surface area (Å²) in [6, 6.07) is 8.07.